The number of carbonyl (C=O) groups is 2. The molecule has 0 aromatic heterocycles. The van der Waals surface area contributed by atoms with E-state index in [-0.39, 0.29) is 17.8 Å². The van der Waals surface area contributed by atoms with E-state index < -0.39 is 0 Å². The first-order chi connectivity index (χ1) is 35.6. The molecule has 4 nitrogen and oxygen atoms in total. The molecule has 72 heavy (non-hydrogen) atoms. The van der Waals surface area contributed by atoms with E-state index in [4.69, 9.17) is 4.74 Å². The van der Waals surface area contributed by atoms with Gasteiger partial charge >= 0.3 is 5.97 Å². The van der Waals surface area contributed by atoms with Gasteiger partial charge in [0.25, 0.3) is 0 Å². The Hall–Kier alpha value is -1.32. The van der Waals surface area contributed by atoms with Crippen molar-refractivity contribution in [1.82, 2.24) is 4.90 Å². The van der Waals surface area contributed by atoms with Crippen molar-refractivity contribution in [2.45, 2.75) is 387 Å². The third-order valence-corrected chi connectivity index (χ3v) is 16.0. The second-order valence-corrected chi connectivity index (χ2v) is 23.3. The molecule has 428 valence electrons. The molecule has 1 amide bonds. The first kappa shape index (κ1) is 70.7. The maximum atomic E-state index is 13.9. The van der Waals surface area contributed by atoms with Crippen LogP contribution < -0.4 is 0 Å². The quantitative estimate of drug-likeness (QED) is 0.0346. The van der Waals surface area contributed by atoms with Gasteiger partial charge in [0.1, 0.15) is 0 Å². The molecule has 0 aliphatic heterocycles. The highest BCUT2D eigenvalue weighted by Gasteiger charge is 2.26. The summed E-state index contributed by atoms with van der Waals surface area (Å²) in [5.74, 6) is -0.227. The maximum absolute atomic E-state index is 13.9. The van der Waals surface area contributed by atoms with Gasteiger partial charge in [0.2, 0.25) is 5.91 Å². The molecule has 0 heterocycles. The zero-order chi connectivity index (χ0) is 52.2. The van der Waals surface area contributed by atoms with Crippen LogP contribution in [0.1, 0.15) is 387 Å². The van der Waals surface area contributed by atoms with E-state index >= 15 is 0 Å². The summed E-state index contributed by atoms with van der Waals surface area (Å²) in [5, 5.41) is 0. The first-order valence-corrected chi connectivity index (χ1v) is 33.7. The van der Waals surface area contributed by atoms with Crippen molar-refractivity contribution < 1.29 is 14.3 Å². The van der Waals surface area contributed by atoms with Gasteiger partial charge in [-0.1, -0.05) is 342 Å². The standard InChI is InChI=1S/C68H133NO3/c1-5-9-13-17-21-22-23-24-25-26-27-28-29-30-31-32-33-34-35-36-37-38-39-40-41-42-43-44-45-46-47-48-49-50-51-52-53-57-61-66(68(71)72-64-60-56-20-16-12-8-4)65-67(70)69(62-58-54-18-14-10-6-2)63-59-55-19-15-11-7-3/h43-44,66H,5-42,45-65H2,1-4H3/b44-43+. The van der Waals surface area contributed by atoms with E-state index in [0.717, 1.165) is 58.0 Å². The fraction of sp³-hybridized carbons (Fsp3) is 0.941. The fourth-order valence-electron chi connectivity index (χ4n) is 10.9. The van der Waals surface area contributed by atoms with Gasteiger partial charge in [0.15, 0.2) is 0 Å². The molecule has 0 saturated heterocycles. The van der Waals surface area contributed by atoms with Gasteiger partial charge < -0.3 is 9.64 Å². The van der Waals surface area contributed by atoms with Crippen molar-refractivity contribution in [1.29, 1.82) is 0 Å². The van der Waals surface area contributed by atoms with E-state index in [1.807, 2.05) is 0 Å². The number of unbranched alkanes of at least 4 members (excludes halogenated alkanes) is 49. The van der Waals surface area contributed by atoms with Crippen LogP contribution >= 0.6 is 0 Å². The van der Waals surface area contributed by atoms with Gasteiger partial charge in [-0.15, -0.1) is 0 Å². The van der Waals surface area contributed by atoms with Crippen LogP contribution in [0.3, 0.4) is 0 Å². The molecule has 0 bridgehead atoms. The minimum Gasteiger partial charge on any atom is -0.465 e. The second-order valence-electron chi connectivity index (χ2n) is 23.3. The Morgan fingerprint density at radius 2 is 0.569 bits per heavy atom. The van der Waals surface area contributed by atoms with E-state index in [0.29, 0.717) is 13.0 Å². The van der Waals surface area contributed by atoms with Gasteiger partial charge in [0.05, 0.1) is 12.5 Å². The summed E-state index contributed by atoms with van der Waals surface area (Å²) in [6.45, 7) is 11.3. The molecular weight excluding hydrogens is 879 g/mol. The molecular formula is C68H133NO3. The Bertz CT molecular complexity index is 1060. The highest BCUT2D eigenvalue weighted by molar-refractivity contribution is 5.83. The zero-order valence-corrected chi connectivity index (χ0v) is 50.1. The topological polar surface area (TPSA) is 46.6 Å². The summed E-state index contributed by atoms with van der Waals surface area (Å²) in [6, 6.07) is 0. The lowest BCUT2D eigenvalue weighted by atomic mass is 9.96. The molecule has 0 N–H and O–H groups in total. The molecule has 0 spiro atoms. The van der Waals surface area contributed by atoms with E-state index in [1.54, 1.807) is 0 Å². The Labute approximate surface area is 454 Å². The number of hydrogen-bond acceptors (Lipinski definition) is 3. The van der Waals surface area contributed by atoms with Gasteiger partial charge in [-0.05, 0) is 51.4 Å². The maximum Gasteiger partial charge on any atom is 0.309 e. The van der Waals surface area contributed by atoms with Crippen molar-refractivity contribution in [2.24, 2.45) is 5.92 Å². The third kappa shape index (κ3) is 54.9. The van der Waals surface area contributed by atoms with Crippen LogP contribution in [0.15, 0.2) is 12.2 Å². The molecule has 0 aliphatic rings. The molecule has 0 radical (unpaired) electrons. The van der Waals surface area contributed by atoms with Crippen LogP contribution in [0.5, 0.6) is 0 Å². The number of ether oxygens (including phenoxy) is 1. The Kier molecular flexibility index (Phi) is 61.1. The van der Waals surface area contributed by atoms with Gasteiger partial charge in [0, 0.05) is 19.5 Å². The summed E-state index contributed by atoms with van der Waals surface area (Å²) in [6.07, 6.45) is 78.3. The molecule has 1 atom stereocenters. The molecule has 0 rings (SSSR count). The highest BCUT2D eigenvalue weighted by Crippen LogP contribution is 2.22. The summed E-state index contributed by atoms with van der Waals surface area (Å²) >= 11 is 0. The van der Waals surface area contributed by atoms with Crippen molar-refractivity contribution in [2.75, 3.05) is 19.7 Å². The van der Waals surface area contributed by atoms with Gasteiger partial charge in [-0.25, -0.2) is 0 Å². The minimum absolute atomic E-state index is 0.118. The van der Waals surface area contributed by atoms with Crippen LogP contribution in [0, 0.1) is 5.92 Å². The first-order valence-electron chi connectivity index (χ1n) is 33.7. The van der Waals surface area contributed by atoms with Crippen molar-refractivity contribution in [3.8, 4) is 0 Å². The number of esters is 1. The molecule has 0 saturated carbocycles. The van der Waals surface area contributed by atoms with Gasteiger partial charge in [-0.3, -0.25) is 9.59 Å². The van der Waals surface area contributed by atoms with E-state index in [1.165, 1.54) is 308 Å². The van der Waals surface area contributed by atoms with E-state index in [9.17, 15) is 9.59 Å². The van der Waals surface area contributed by atoms with Crippen molar-refractivity contribution >= 4 is 11.9 Å². The molecule has 0 aromatic carbocycles. The smallest absolute Gasteiger partial charge is 0.309 e. The summed E-state index contributed by atoms with van der Waals surface area (Å²) in [5.41, 5.74) is 0. The zero-order valence-electron chi connectivity index (χ0n) is 50.1. The monoisotopic (exact) mass is 1010 g/mol. The molecule has 4 heteroatoms. The molecule has 0 fully saturated rings. The van der Waals surface area contributed by atoms with Gasteiger partial charge in [-0.2, -0.15) is 0 Å². The fourth-order valence-corrected chi connectivity index (χ4v) is 10.9. The molecule has 0 aromatic rings. The van der Waals surface area contributed by atoms with Crippen LogP contribution in [-0.4, -0.2) is 36.5 Å². The summed E-state index contributed by atoms with van der Waals surface area (Å²) in [4.78, 5) is 29.5. The average Bonchev–Trinajstić information content (AvgIpc) is 3.38. The number of carbonyl (C=O) groups excluding carboxylic acids is 2. The lowest BCUT2D eigenvalue weighted by Gasteiger charge is -2.25. The summed E-state index contributed by atoms with van der Waals surface area (Å²) in [7, 11) is 0. The van der Waals surface area contributed by atoms with Crippen molar-refractivity contribution in [3.63, 3.8) is 0 Å². The van der Waals surface area contributed by atoms with E-state index in [2.05, 4.69) is 44.7 Å². The summed E-state index contributed by atoms with van der Waals surface area (Å²) < 4.78 is 5.88. The van der Waals surface area contributed by atoms with Crippen molar-refractivity contribution in [3.05, 3.63) is 12.2 Å². The number of nitrogens with zero attached hydrogens (tertiary/aromatic N) is 1. The molecule has 0 aliphatic carbocycles. The number of amides is 1. The minimum atomic E-state index is -0.295. The lowest BCUT2D eigenvalue weighted by Crippen LogP contribution is -2.35. The number of rotatable bonds is 62. The highest BCUT2D eigenvalue weighted by atomic mass is 16.5. The SMILES string of the molecule is CCCCCCCCCCCCCCCCCCCCCCCCCCC/C=C/CCCCCCCCCCCC(CC(=O)N(CCCCCCCC)CCCCCCCC)C(=O)OCCCCCCCC. The van der Waals surface area contributed by atoms with Crippen LogP contribution in [0.4, 0.5) is 0 Å². The predicted molar refractivity (Wildman–Crippen MR) is 321 cm³/mol. The van der Waals surface area contributed by atoms with Crippen LogP contribution in [0.25, 0.3) is 0 Å². The van der Waals surface area contributed by atoms with Crippen LogP contribution in [0.2, 0.25) is 0 Å². The van der Waals surface area contributed by atoms with Crippen LogP contribution in [-0.2, 0) is 14.3 Å². The Balaban J connectivity index is 4.04. The third-order valence-electron chi connectivity index (χ3n) is 16.0. The lowest BCUT2D eigenvalue weighted by molar-refractivity contribution is -0.152. The predicted octanol–water partition coefficient (Wildman–Crippen LogP) is 23.5. The number of allylic oxidation sites excluding steroid dienone is 2. The second kappa shape index (κ2) is 62.2. The Morgan fingerprint density at radius 1 is 0.319 bits per heavy atom. The average molecular weight is 1010 g/mol. The molecule has 1 unspecified atom stereocenters. The Morgan fingerprint density at radius 3 is 0.875 bits per heavy atom. The largest absolute Gasteiger partial charge is 0.465 e. The number of hydrogen-bond donors (Lipinski definition) is 0. The normalized spacial score (nSPS) is 12.1.